The molecule has 1 heterocycles. The van der Waals surface area contributed by atoms with Crippen LogP contribution in [0.5, 0.6) is 0 Å². The van der Waals surface area contributed by atoms with Crippen LogP contribution < -0.4 is 5.32 Å². The molecule has 0 aliphatic carbocycles. The Labute approximate surface area is 147 Å². The number of rotatable bonds is 5. The normalized spacial score (nSPS) is 12.2. The fourth-order valence-corrected chi connectivity index (χ4v) is 2.44. The first-order chi connectivity index (χ1) is 11.3. The molecular formula is C16H14ClFN2O3S. The lowest BCUT2D eigenvalue weighted by atomic mass is 10.3. The molecule has 1 amide bonds. The number of anilines is 1. The standard InChI is InChI=1S/C16H14ClFN2O3S/c1-9(16(22)20-14-5-3-11(17)7-13(14)18)23-15(21)6-4-12-8-24-10(2)19-12/h3-9H,1-2H3,(H,20,22)/b6-4+. The van der Waals surface area contributed by atoms with Gasteiger partial charge in [0.2, 0.25) is 0 Å². The number of hydrogen-bond donors (Lipinski definition) is 1. The monoisotopic (exact) mass is 368 g/mol. The second kappa shape index (κ2) is 8.03. The van der Waals surface area contributed by atoms with Crippen LogP contribution in [0.25, 0.3) is 6.08 Å². The summed E-state index contributed by atoms with van der Waals surface area (Å²) in [6.45, 7) is 3.24. The minimum absolute atomic E-state index is 0.0409. The molecule has 1 unspecified atom stereocenters. The van der Waals surface area contributed by atoms with Crippen LogP contribution in [0.15, 0.2) is 29.7 Å². The van der Waals surface area contributed by atoms with E-state index >= 15 is 0 Å². The number of nitrogens with zero attached hydrogens (tertiary/aromatic N) is 1. The maximum atomic E-state index is 13.6. The highest BCUT2D eigenvalue weighted by molar-refractivity contribution is 7.09. The van der Waals surface area contributed by atoms with E-state index in [-0.39, 0.29) is 10.7 Å². The van der Waals surface area contributed by atoms with Gasteiger partial charge in [-0.2, -0.15) is 0 Å². The van der Waals surface area contributed by atoms with Crippen LogP contribution in [0.2, 0.25) is 5.02 Å². The summed E-state index contributed by atoms with van der Waals surface area (Å²) in [6, 6.07) is 3.84. The van der Waals surface area contributed by atoms with Crippen molar-refractivity contribution in [3.63, 3.8) is 0 Å². The van der Waals surface area contributed by atoms with E-state index in [9.17, 15) is 14.0 Å². The number of aromatic nitrogens is 1. The van der Waals surface area contributed by atoms with Crippen LogP contribution in [0.4, 0.5) is 10.1 Å². The van der Waals surface area contributed by atoms with Crippen molar-refractivity contribution in [3.8, 4) is 0 Å². The van der Waals surface area contributed by atoms with Gasteiger partial charge in [0, 0.05) is 16.5 Å². The zero-order valence-corrected chi connectivity index (χ0v) is 14.5. The molecule has 1 atom stereocenters. The quantitative estimate of drug-likeness (QED) is 0.643. The third-order valence-corrected chi connectivity index (χ3v) is 3.90. The van der Waals surface area contributed by atoms with Crippen molar-refractivity contribution in [2.24, 2.45) is 0 Å². The smallest absolute Gasteiger partial charge is 0.331 e. The number of hydrogen-bond acceptors (Lipinski definition) is 5. The lowest BCUT2D eigenvalue weighted by Crippen LogP contribution is -2.29. The zero-order chi connectivity index (χ0) is 17.7. The number of nitrogens with one attached hydrogen (secondary N) is 1. The van der Waals surface area contributed by atoms with E-state index < -0.39 is 23.8 Å². The number of thiazole rings is 1. The molecule has 0 bridgehead atoms. The van der Waals surface area contributed by atoms with Crippen molar-refractivity contribution < 1.29 is 18.7 Å². The number of carbonyl (C=O) groups excluding carboxylic acids is 2. The van der Waals surface area contributed by atoms with E-state index in [0.29, 0.717) is 5.69 Å². The van der Waals surface area contributed by atoms with Crippen molar-refractivity contribution in [1.82, 2.24) is 4.98 Å². The summed E-state index contributed by atoms with van der Waals surface area (Å²) in [7, 11) is 0. The van der Waals surface area contributed by atoms with E-state index in [4.69, 9.17) is 16.3 Å². The average Bonchev–Trinajstić information content (AvgIpc) is 2.93. The Balaban J connectivity index is 1.90. The van der Waals surface area contributed by atoms with Gasteiger partial charge in [-0.25, -0.2) is 14.2 Å². The first-order valence-electron chi connectivity index (χ1n) is 6.92. The maximum Gasteiger partial charge on any atom is 0.331 e. The number of ether oxygens (including phenoxy) is 1. The Morgan fingerprint density at radius 1 is 1.46 bits per heavy atom. The van der Waals surface area contributed by atoms with Gasteiger partial charge in [0.1, 0.15) is 5.82 Å². The van der Waals surface area contributed by atoms with E-state index in [1.807, 2.05) is 6.92 Å². The van der Waals surface area contributed by atoms with Crippen LogP contribution in [0.1, 0.15) is 17.6 Å². The predicted molar refractivity (Wildman–Crippen MR) is 91.5 cm³/mol. The molecule has 5 nitrogen and oxygen atoms in total. The molecule has 0 spiro atoms. The second-order valence-corrected chi connectivity index (χ2v) is 6.32. The van der Waals surface area contributed by atoms with Gasteiger partial charge >= 0.3 is 5.97 Å². The van der Waals surface area contributed by atoms with Crippen molar-refractivity contribution in [2.45, 2.75) is 20.0 Å². The molecule has 24 heavy (non-hydrogen) atoms. The molecule has 0 saturated heterocycles. The molecule has 1 aromatic carbocycles. The Hall–Kier alpha value is -2.25. The topological polar surface area (TPSA) is 68.3 Å². The number of halogens is 2. The zero-order valence-electron chi connectivity index (χ0n) is 12.9. The third kappa shape index (κ3) is 5.14. The van der Waals surface area contributed by atoms with Gasteiger partial charge in [-0.1, -0.05) is 11.6 Å². The fraction of sp³-hybridized carbons (Fsp3) is 0.188. The lowest BCUT2D eigenvalue weighted by Gasteiger charge is -2.12. The number of amides is 1. The molecular weight excluding hydrogens is 355 g/mol. The summed E-state index contributed by atoms with van der Waals surface area (Å²) >= 11 is 7.09. The number of carbonyl (C=O) groups is 2. The van der Waals surface area contributed by atoms with Crippen LogP contribution in [-0.2, 0) is 14.3 Å². The minimum atomic E-state index is -1.09. The fourth-order valence-electron chi connectivity index (χ4n) is 1.70. The maximum absolute atomic E-state index is 13.6. The van der Waals surface area contributed by atoms with Crippen LogP contribution in [0.3, 0.4) is 0 Å². The van der Waals surface area contributed by atoms with Gasteiger partial charge in [0.05, 0.1) is 16.4 Å². The summed E-state index contributed by atoms with van der Waals surface area (Å²) in [5.41, 5.74) is 0.593. The second-order valence-electron chi connectivity index (χ2n) is 4.82. The van der Waals surface area contributed by atoms with Gasteiger partial charge in [-0.05, 0) is 38.1 Å². The molecule has 2 rings (SSSR count). The Morgan fingerprint density at radius 3 is 2.83 bits per heavy atom. The molecule has 126 valence electrons. The summed E-state index contributed by atoms with van der Waals surface area (Å²) in [4.78, 5) is 27.8. The first kappa shape index (κ1) is 18.1. The van der Waals surface area contributed by atoms with E-state index in [2.05, 4.69) is 10.3 Å². The molecule has 1 aromatic heterocycles. The number of aryl methyl sites for hydroxylation is 1. The highest BCUT2D eigenvalue weighted by Gasteiger charge is 2.18. The Kier molecular flexibility index (Phi) is 6.05. The van der Waals surface area contributed by atoms with Gasteiger partial charge in [-0.15, -0.1) is 11.3 Å². The molecule has 0 saturated carbocycles. The van der Waals surface area contributed by atoms with E-state index in [0.717, 1.165) is 11.1 Å². The van der Waals surface area contributed by atoms with Crippen LogP contribution in [-0.4, -0.2) is 23.0 Å². The summed E-state index contributed by atoms with van der Waals surface area (Å²) in [5.74, 6) is -2.02. The number of esters is 1. The molecule has 1 N–H and O–H groups in total. The summed E-state index contributed by atoms with van der Waals surface area (Å²) < 4.78 is 18.6. The van der Waals surface area contributed by atoms with E-state index in [1.165, 1.54) is 42.5 Å². The molecule has 2 aromatic rings. The molecule has 0 aliphatic heterocycles. The van der Waals surface area contributed by atoms with Gasteiger partial charge in [0.25, 0.3) is 5.91 Å². The molecule has 0 fully saturated rings. The highest BCUT2D eigenvalue weighted by atomic mass is 35.5. The Bertz CT molecular complexity index is 791. The van der Waals surface area contributed by atoms with Crippen LogP contribution in [0, 0.1) is 12.7 Å². The van der Waals surface area contributed by atoms with Gasteiger partial charge in [-0.3, -0.25) is 4.79 Å². The predicted octanol–water partition coefficient (Wildman–Crippen LogP) is 3.83. The SMILES string of the molecule is Cc1nc(/C=C/C(=O)OC(C)C(=O)Nc2ccc(Cl)cc2F)cs1. The van der Waals surface area contributed by atoms with Gasteiger partial charge in [0.15, 0.2) is 6.10 Å². The van der Waals surface area contributed by atoms with E-state index in [1.54, 1.807) is 5.38 Å². The summed E-state index contributed by atoms with van der Waals surface area (Å²) in [6.07, 6.45) is 1.59. The van der Waals surface area contributed by atoms with Crippen molar-refractivity contribution in [3.05, 3.63) is 51.2 Å². The first-order valence-corrected chi connectivity index (χ1v) is 8.17. The third-order valence-electron chi connectivity index (χ3n) is 2.88. The van der Waals surface area contributed by atoms with Crippen molar-refractivity contribution in [2.75, 3.05) is 5.32 Å². The minimum Gasteiger partial charge on any atom is -0.449 e. The lowest BCUT2D eigenvalue weighted by molar-refractivity contribution is -0.148. The van der Waals surface area contributed by atoms with Crippen LogP contribution >= 0.6 is 22.9 Å². The Morgan fingerprint density at radius 2 is 2.21 bits per heavy atom. The molecule has 8 heteroatoms. The highest BCUT2D eigenvalue weighted by Crippen LogP contribution is 2.19. The number of benzene rings is 1. The molecule has 0 radical (unpaired) electrons. The van der Waals surface area contributed by atoms with Crippen molar-refractivity contribution in [1.29, 1.82) is 0 Å². The molecule has 0 aliphatic rings. The summed E-state index contributed by atoms with van der Waals surface area (Å²) in [5, 5.41) is 5.22. The van der Waals surface area contributed by atoms with Crippen molar-refractivity contribution >= 4 is 46.6 Å². The average molecular weight is 369 g/mol. The largest absolute Gasteiger partial charge is 0.449 e. The van der Waals surface area contributed by atoms with Gasteiger partial charge < -0.3 is 10.1 Å².